The summed E-state index contributed by atoms with van der Waals surface area (Å²) in [5, 5.41) is 7.69. The topological polar surface area (TPSA) is 38.7 Å². The molecule has 57 heavy (non-hydrogen) atoms. The molecule has 0 atom stereocenters. The van der Waals surface area contributed by atoms with Gasteiger partial charge in [-0.15, -0.1) is 0 Å². The van der Waals surface area contributed by atoms with E-state index in [0.717, 1.165) is 50.6 Å². The smallest absolute Gasteiger partial charge is 0.160 e. The maximum absolute atomic E-state index is 5.45. The molecular weight excluding hydrogens is 691 g/mol. The van der Waals surface area contributed by atoms with Gasteiger partial charge < -0.3 is 0 Å². The minimum Gasteiger partial charge on any atom is -0.265 e. The quantitative estimate of drug-likeness (QED) is 0.166. The molecule has 0 fully saturated rings. The first-order chi connectivity index (χ1) is 28.0. The molecule has 0 N–H and O–H groups in total. The Labute approximate surface area is 332 Å². The predicted octanol–water partition coefficient (Wildman–Crippen LogP) is 14.0. The summed E-state index contributed by atoms with van der Waals surface area (Å²) in [6, 6.07) is 63.5. The molecule has 3 heteroatoms. The minimum absolute atomic E-state index is 0.267. The van der Waals surface area contributed by atoms with Crippen LogP contribution in [0.4, 0.5) is 0 Å². The van der Waals surface area contributed by atoms with Crippen molar-refractivity contribution in [3.8, 4) is 67.3 Å². The summed E-state index contributed by atoms with van der Waals surface area (Å²) in [7, 11) is 0. The van der Waals surface area contributed by atoms with Gasteiger partial charge in [-0.2, -0.15) is 0 Å². The van der Waals surface area contributed by atoms with Crippen LogP contribution >= 0.6 is 0 Å². The third-order valence-electron chi connectivity index (χ3n) is 11.9. The van der Waals surface area contributed by atoms with Crippen molar-refractivity contribution >= 4 is 32.3 Å². The maximum Gasteiger partial charge on any atom is 0.160 e. The molecule has 8 aromatic carbocycles. The second-order valence-corrected chi connectivity index (χ2v) is 15.6. The van der Waals surface area contributed by atoms with Gasteiger partial charge in [0.15, 0.2) is 5.82 Å². The summed E-state index contributed by atoms with van der Waals surface area (Å²) in [4.78, 5) is 15.1. The van der Waals surface area contributed by atoms with Crippen molar-refractivity contribution in [2.45, 2.75) is 19.3 Å². The molecule has 1 aliphatic rings. The zero-order chi connectivity index (χ0) is 38.1. The SMILES string of the molecule is CC1(C)c2ccccc2-c2nc(-c3cccc(-c4cccc(-c5ccc6c7ccccc7c7ccccc7c6c5)c4)c3)nc(-c3cccc(-c4ccncc4)c3)c21. The summed E-state index contributed by atoms with van der Waals surface area (Å²) < 4.78 is 0. The summed E-state index contributed by atoms with van der Waals surface area (Å²) in [6.45, 7) is 4.59. The number of hydrogen-bond acceptors (Lipinski definition) is 3. The zero-order valence-corrected chi connectivity index (χ0v) is 31.7. The first kappa shape index (κ1) is 33.1. The molecule has 3 nitrogen and oxygen atoms in total. The fourth-order valence-corrected chi connectivity index (χ4v) is 9.15. The lowest BCUT2D eigenvalue weighted by Gasteiger charge is -2.24. The molecule has 0 saturated heterocycles. The molecule has 0 radical (unpaired) electrons. The molecule has 0 saturated carbocycles. The van der Waals surface area contributed by atoms with Crippen LogP contribution in [0.3, 0.4) is 0 Å². The Morgan fingerprint density at radius 1 is 0.351 bits per heavy atom. The molecule has 0 bridgehead atoms. The summed E-state index contributed by atoms with van der Waals surface area (Å²) in [6.07, 6.45) is 3.69. The van der Waals surface area contributed by atoms with Gasteiger partial charge in [0.05, 0.1) is 11.4 Å². The van der Waals surface area contributed by atoms with E-state index in [2.05, 4.69) is 195 Å². The van der Waals surface area contributed by atoms with E-state index in [1.807, 2.05) is 12.4 Å². The van der Waals surface area contributed by atoms with Crippen LogP contribution < -0.4 is 0 Å². The summed E-state index contributed by atoms with van der Waals surface area (Å²) >= 11 is 0. The Balaban J connectivity index is 1.03. The fraction of sp³-hybridized carbons (Fsp3) is 0.0556. The number of nitrogens with zero attached hydrogens (tertiary/aromatic N) is 3. The molecule has 0 amide bonds. The van der Waals surface area contributed by atoms with Gasteiger partial charge in [0.2, 0.25) is 0 Å². The van der Waals surface area contributed by atoms with E-state index >= 15 is 0 Å². The van der Waals surface area contributed by atoms with Crippen LogP contribution in [0.2, 0.25) is 0 Å². The monoisotopic (exact) mass is 727 g/mol. The lowest BCUT2D eigenvalue weighted by atomic mass is 9.80. The largest absolute Gasteiger partial charge is 0.265 e. The van der Waals surface area contributed by atoms with Gasteiger partial charge in [0.25, 0.3) is 0 Å². The maximum atomic E-state index is 5.45. The Morgan fingerprint density at radius 2 is 0.825 bits per heavy atom. The van der Waals surface area contributed by atoms with Crippen LogP contribution in [0.15, 0.2) is 188 Å². The third kappa shape index (κ3) is 5.38. The molecular formula is C54H37N3. The van der Waals surface area contributed by atoms with E-state index in [1.54, 1.807) is 0 Å². The third-order valence-corrected chi connectivity index (χ3v) is 11.9. The van der Waals surface area contributed by atoms with Gasteiger partial charge in [-0.1, -0.05) is 153 Å². The molecule has 10 aromatic rings. The van der Waals surface area contributed by atoms with E-state index in [9.17, 15) is 0 Å². The average Bonchev–Trinajstić information content (AvgIpc) is 3.52. The van der Waals surface area contributed by atoms with E-state index in [4.69, 9.17) is 9.97 Å². The summed E-state index contributed by atoms with van der Waals surface area (Å²) in [5.41, 5.74) is 14.3. The van der Waals surface area contributed by atoms with Crippen molar-refractivity contribution in [3.05, 3.63) is 199 Å². The van der Waals surface area contributed by atoms with Crippen LogP contribution in [0.5, 0.6) is 0 Å². The van der Waals surface area contributed by atoms with E-state index in [1.165, 1.54) is 60.1 Å². The van der Waals surface area contributed by atoms with Crippen LogP contribution in [0.1, 0.15) is 25.0 Å². The van der Waals surface area contributed by atoms with Crippen LogP contribution in [0.25, 0.3) is 99.6 Å². The molecule has 2 aromatic heterocycles. The Kier molecular flexibility index (Phi) is 7.52. The fourth-order valence-electron chi connectivity index (χ4n) is 9.15. The van der Waals surface area contributed by atoms with Crippen molar-refractivity contribution in [1.82, 2.24) is 15.0 Å². The van der Waals surface area contributed by atoms with Gasteiger partial charge in [0, 0.05) is 40.1 Å². The van der Waals surface area contributed by atoms with Gasteiger partial charge in [-0.3, -0.25) is 4.98 Å². The van der Waals surface area contributed by atoms with Gasteiger partial charge in [-0.05, 0) is 108 Å². The number of rotatable bonds is 5. The number of pyridine rings is 1. The molecule has 0 spiro atoms. The molecule has 1 aliphatic carbocycles. The Bertz CT molecular complexity index is 3180. The molecule has 0 unspecified atom stereocenters. The highest BCUT2D eigenvalue weighted by molar-refractivity contribution is 6.25. The highest BCUT2D eigenvalue weighted by atomic mass is 14.9. The van der Waals surface area contributed by atoms with Gasteiger partial charge >= 0.3 is 0 Å². The van der Waals surface area contributed by atoms with E-state index in [0.29, 0.717) is 0 Å². The molecule has 2 heterocycles. The number of aromatic nitrogens is 3. The Hall–Kier alpha value is -7.23. The number of fused-ring (bicyclic) bond motifs is 9. The molecule has 11 rings (SSSR count). The van der Waals surface area contributed by atoms with Crippen molar-refractivity contribution < 1.29 is 0 Å². The molecule has 0 aliphatic heterocycles. The number of hydrogen-bond donors (Lipinski definition) is 0. The van der Waals surface area contributed by atoms with Gasteiger partial charge in [0.1, 0.15) is 0 Å². The second kappa shape index (κ2) is 12.9. The van der Waals surface area contributed by atoms with Crippen molar-refractivity contribution in [1.29, 1.82) is 0 Å². The first-order valence-electron chi connectivity index (χ1n) is 19.6. The van der Waals surface area contributed by atoms with Crippen LogP contribution in [-0.2, 0) is 5.41 Å². The minimum atomic E-state index is -0.267. The van der Waals surface area contributed by atoms with Gasteiger partial charge in [-0.25, -0.2) is 9.97 Å². The van der Waals surface area contributed by atoms with Crippen molar-refractivity contribution in [3.63, 3.8) is 0 Å². The van der Waals surface area contributed by atoms with Crippen LogP contribution in [0, 0.1) is 0 Å². The van der Waals surface area contributed by atoms with Crippen molar-refractivity contribution in [2.24, 2.45) is 0 Å². The standard InChI is InChI=1S/C54H37N3/c1-54(2)49-23-8-7-22-47(49)52-50(54)51(40-16-10-12-35(31-40)34-26-28-55-29-27-34)56-53(57-52)41-17-11-15-38(32-41)36-13-9-14-37(30-36)39-24-25-46-44-20-4-3-18-42(44)43-19-5-6-21-45(43)48(46)33-39/h3-33H,1-2H3. The van der Waals surface area contributed by atoms with Crippen LogP contribution in [-0.4, -0.2) is 15.0 Å². The first-order valence-corrected chi connectivity index (χ1v) is 19.6. The van der Waals surface area contributed by atoms with E-state index in [-0.39, 0.29) is 5.41 Å². The zero-order valence-electron chi connectivity index (χ0n) is 31.7. The predicted molar refractivity (Wildman–Crippen MR) is 237 cm³/mol. The average molecular weight is 728 g/mol. The number of benzene rings is 8. The highest BCUT2D eigenvalue weighted by Gasteiger charge is 2.40. The summed E-state index contributed by atoms with van der Waals surface area (Å²) in [5.74, 6) is 0.720. The van der Waals surface area contributed by atoms with E-state index < -0.39 is 0 Å². The normalized spacial score (nSPS) is 12.9. The second-order valence-electron chi connectivity index (χ2n) is 15.6. The van der Waals surface area contributed by atoms with Crippen molar-refractivity contribution in [2.75, 3.05) is 0 Å². The molecule has 268 valence electrons. The lowest BCUT2D eigenvalue weighted by Crippen LogP contribution is -2.17. The highest BCUT2D eigenvalue weighted by Crippen LogP contribution is 2.51. The lowest BCUT2D eigenvalue weighted by molar-refractivity contribution is 0.658. The Morgan fingerprint density at radius 3 is 1.49 bits per heavy atom.